The minimum absolute atomic E-state index is 0.0235. The van der Waals surface area contributed by atoms with Gasteiger partial charge >= 0.3 is 6.36 Å². The number of fused-ring (bicyclic) bond motifs is 1. The first-order chi connectivity index (χ1) is 12.7. The van der Waals surface area contributed by atoms with Crippen LogP contribution in [0.5, 0.6) is 5.75 Å². The number of nitrogens with one attached hydrogen (secondary N) is 1. The van der Waals surface area contributed by atoms with Gasteiger partial charge in [-0.05, 0) is 13.1 Å². The van der Waals surface area contributed by atoms with Crippen molar-refractivity contribution >= 4 is 28.9 Å². The molecule has 3 rings (SSSR count). The second-order valence-corrected chi connectivity index (χ2v) is 6.23. The molecule has 1 aromatic carbocycles. The van der Waals surface area contributed by atoms with Crippen molar-refractivity contribution in [3.05, 3.63) is 18.3 Å². The molecule has 146 valence electrons. The molecule has 2 heterocycles. The van der Waals surface area contributed by atoms with Gasteiger partial charge in [-0.25, -0.2) is 0 Å². The molecule has 0 radical (unpaired) electrons. The topological polar surface area (TPSA) is 79.7 Å². The van der Waals surface area contributed by atoms with Crippen LogP contribution < -0.4 is 10.1 Å². The zero-order chi connectivity index (χ0) is 19.6. The fourth-order valence-corrected chi connectivity index (χ4v) is 2.86. The molecule has 1 aliphatic heterocycles. The van der Waals surface area contributed by atoms with Crippen molar-refractivity contribution in [1.29, 1.82) is 0 Å². The maximum atomic E-state index is 12.6. The fourth-order valence-electron chi connectivity index (χ4n) is 2.86. The van der Waals surface area contributed by atoms with Crippen molar-refractivity contribution in [3.8, 4) is 5.75 Å². The maximum absolute atomic E-state index is 12.6. The Hall–Kier alpha value is -2.82. The number of halogens is 3. The minimum Gasteiger partial charge on any atom is -0.403 e. The number of likely N-dealkylation sites (N-methyl/N-ethyl adjacent to an activating group) is 1. The number of nitrogens with zero attached hydrogens (tertiary/aromatic N) is 4. The molecular formula is C16H18F3N5O3. The summed E-state index contributed by atoms with van der Waals surface area (Å²) in [6.45, 7) is 2.78. The van der Waals surface area contributed by atoms with E-state index in [1.165, 1.54) is 16.9 Å². The summed E-state index contributed by atoms with van der Waals surface area (Å²) in [5.41, 5.74) is 0.0802. The Balaban J connectivity index is 1.81. The second-order valence-electron chi connectivity index (χ2n) is 6.23. The van der Waals surface area contributed by atoms with Gasteiger partial charge in [-0.1, -0.05) is 0 Å². The Morgan fingerprint density at radius 1 is 1.30 bits per heavy atom. The monoisotopic (exact) mass is 385 g/mol. The van der Waals surface area contributed by atoms with Crippen LogP contribution in [0.1, 0.15) is 0 Å². The minimum atomic E-state index is -4.91. The van der Waals surface area contributed by atoms with Gasteiger partial charge in [-0.3, -0.25) is 14.3 Å². The van der Waals surface area contributed by atoms with Gasteiger partial charge in [0.2, 0.25) is 12.3 Å². The van der Waals surface area contributed by atoms with Crippen molar-refractivity contribution in [1.82, 2.24) is 19.6 Å². The van der Waals surface area contributed by atoms with E-state index in [4.69, 9.17) is 0 Å². The normalized spacial score (nSPS) is 15.8. The molecule has 11 heteroatoms. The highest BCUT2D eigenvalue weighted by Gasteiger charge is 2.32. The highest BCUT2D eigenvalue weighted by molar-refractivity contribution is 5.89. The highest BCUT2D eigenvalue weighted by Crippen LogP contribution is 2.33. The number of rotatable bonds is 5. The van der Waals surface area contributed by atoms with E-state index in [0.29, 0.717) is 18.5 Å². The molecule has 0 saturated carbocycles. The van der Waals surface area contributed by atoms with Crippen molar-refractivity contribution in [2.24, 2.45) is 0 Å². The number of carbonyl (C=O) groups is 2. The average molecular weight is 385 g/mol. The zero-order valence-corrected chi connectivity index (χ0v) is 14.5. The lowest BCUT2D eigenvalue weighted by Gasteiger charge is -2.32. The van der Waals surface area contributed by atoms with E-state index in [2.05, 4.69) is 20.1 Å². The van der Waals surface area contributed by atoms with Gasteiger partial charge in [0.25, 0.3) is 0 Å². The van der Waals surface area contributed by atoms with Crippen LogP contribution >= 0.6 is 0 Å². The summed E-state index contributed by atoms with van der Waals surface area (Å²) < 4.78 is 43.0. The molecule has 2 aromatic rings. The number of amides is 2. The van der Waals surface area contributed by atoms with Crippen molar-refractivity contribution in [2.75, 3.05) is 38.5 Å². The molecule has 1 saturated heterocycles. The summed E-state index contributed by atoms with van der Waals surface area (Å²) in [6, 6.07) is 2.39. The Morgan fingerprint density at radius 2 is 2.00 bits per heavy atom. The third kappa shape index (κ3) is 4.67. The van der Waals surface area contributed by atoms with E-state index in [1.54, 1.807) is 4.90 Å². The first kappa shape index (κ1) is 19.0. The van der Waals surface area contributed by atoms with E-state index in [9.17, 15) is 22.8 Å². The highest BCUT2D eigenvalue weighted by atomic mass is 19.4. The van der Waals surface area contributed by atoms with Crippen LogP contribution in [-0.4, -0.2) is 71.5 Å². The lowest BCUT2D eigenvalue weighted by molar-refractivity contribution is -0.274. The molecule has 2 amide bonds. The fraction of sp³-hybridized carbons (Fsp3) is 0.438. The lowest BCUT2D eigenvalue weighted by atomic mass is 10.2. The number of carbonyl (C=O) groups excluding carboxylic acids is 2. The van der Waals surface area contributed by atoms with E-state index in [1.807, 2.05) is 7.05 Å². The molecule has 1 aromatic heterocycles. The predicted molar refractivity (Wildman–Crippen MR) is 90.2 cm³/mol. The number of hydrogen-bond donors (Lipinski definition) is 1. The summed E-state index contributed by atoms with van der Waals surface area (Å²) in [7, 11) is 1.98. The first-order valence-corrected chi connectivity index (χ1v) is 8.18. The van der Waals surface area contributed by atoms with Crippen LogP contribution in [0.25, 0.3) is 10.9 Å². The van der Waals surface area contributed by atoms with Gasteiger partial charge in [-0.2, -0.15) is 5.10 Å². The number of aromatic nitrogens is 2. The molecular weight excluding hydrogens is 367 g/mol. The number of alkyl halides is 3. The molecule has 0 aliphatic carbocycles. The average Bonchev–Trinajstić information content (AvgIpc) is 2.95. The van der Waals surface area contributed by atoms with Gasteiger partial charge in [0.15, 0.2) is 5.75 Å². The molecule has 0 atom stereocenters. The first-order valence-electron chi connectivity index (χ1n) is 8.18. The molecule has 0 bridgehead atoms. The van der Waals surface area contributed by atoms with Gasteiger partial charge in [0.1, 0.15) is 6.54 Å². The summed E-state index contributed by atoms with van der Waals surface area (Å²) in [5, 5.41) is 6.80. The van der Waals surface area contributed by atoms with Gasteiger partial charge < -0.3 is 19.9 Å². The number of hydrogen-bond acceptors (Lipinski definition) is 5. The smallest absolute Gasteiger partial charge is 0.403 e. The van der Waals surface area contributed by atoms with E-state index in [-0.39, 0.29) is 30.1 Å². The molecule has 8 nitrogen and oxygen atoms in total. The number of piperazine rings is 1. The molecule has 1 N–H and O–H groups in total. The van der Waals surface area contributed by atoms with E-state index < -0.39 is 12.1 Å². The summed E-state index contributed by atoms with van der Waals surface area (Å²) in [4.78, 5) is 26.9. The standard InChI is InChI=1S/C16H18F3N5O3/c1-22-2-4-23(5-3-22)15(26)9-24-8-11-6-13(20-10-25)14(7-12(11)21-24)27-16(17,18)19/h6-8,10H,2-5,9H2,1H3,(H,20,25). The molecule has 0 unspecified atom stereocenters. The summed E-state index contributed by atoms with van der Waals surface area (Å²) in [6.07, 6.45) is -3.12. The Bertz CT molecular complexity index is 844. The van der Waals surface area contributed by atoms with Crippen LogP contribution in [-0.2, 0) is 16.1 Å². The van der Waals surface area contributed by atoms with E-state index in [0.717, 1.165) is 19.2 Å². The SMILES string of the molecule is CN1CCN(C(=O)Cn2cc3cc(NC=O)c(OC(F)(F)F)cc3n2)CC1. The Labute approximate surface area is 152 Å². The van der Waals surface area contributed by atoms with Gasteiger partial charge in [0, 0.05) is 43.8 Å². The van der Waals surface area contributed by atoms with Crippen LogP contribution in [0.2, 0.25) is 0 Å². The maximum Gasteiger partial charge on any atom is 0.573 e. The van der Waals surface area contributed by atoms with Crippen LogP contribution in [0.15, 0.2) is 18.3 Å². The van der Waals surface area contributed by atoms with Crippen molar-refractivity contribution in [2.45, 2.75) is 12.9 Å². The van der Waals surface area contributed by atoms with Crippen LogP contribution in [0.4, 0.5) is 18.9 Å². The molecule has 27 heavy (non-hydrogen) atoms. The summed E-state index contributed by atoms with van der Waals surface area (Å²) in [5.74, 6) is -0.688. The lowest BCUT2D eigenvalue weighted by Crippen LogP contribution is -2.48. The third-order valence-electron chi connectivity index (χ3n) is 4.25. The molecule has 1 aliphatic rings. The largest absolute Gasteiger partial charge is 0.573 e. The van der Waals surface area contributed by atoms with Crippen LogP contribution in [0.3, 0.4) is 0 Å². The van der Waals surface area contributed by atoms with Crippen molar-refractivity contribution in [3.63, 3.8) is 0 Å². The van der Waals surface area contributed by atoms with Gasteiger partial charge in [0.05, 0.1) is 11.2 Å². The second kappa shape index (κ2) is 7.43. The Kier molecular flexibility index (Phi) is 5.22. The van der Waals surface area contributed by atoms with E-state index >= 15 is 0 Å². The molecule has 1 fully saturated rings. The quantitative estimate of drug-likeness (QED) is 0.785. The molecule has 0 spiro atoms. The van der Waals surface area contributed by atoms with Gasteiger partial charge in [-0.15, -0.1) is 13.2 Å². The number of anilines is 1. The zero-order valence-electron chi connectivity index (χ0n) is 14.5. The number of benzene rings is 1. The summed E-state index contributed by atoms with van der Waals surface area (Å²) >= 11 is 0. The third-order valence-corrected chi connectivity index (χ3v) is 4.25. The Morgan fingerprint density at radius 3 is 2.63 bits per heavy atom. The van der Waals surface area contributed by atoms with Crippen molar-refractivity contribution < 1.29 is 27.5 Å². The predicted octanol–water partition coefficient (Wildman–Crippen LogP) is 1.28. The number of ether oxygens (including phenoxy) is 1. The van der Waals surface area contributed by atoms with Crippen LogP contribution in [0, 0.1) is 0 Å².